The molecule has 0 aromatic carbocycles. The molecule has 13 heteroatoms. The lowest BCUT2D eigenvalue weighted by Gasteiger charge is -2.72. The van der Waals surface area contributed by atoms with Crippen LogP contribution < -0.4 is 0 Å². The van der Waals surface area contributed by atoms with E-state index in [4.69, 9.17) is 18.9 Å². The van der Waals surface area contributed by atoms with Gasteiger partial charge in [-0.05, 0) is 124 Å². The lowest BCUT2D eigenvalue weighted by molar-refractivity contribution is -0.382. The van der Waals surface area contributed by atoms with Crippen LogP contribution in [-0.2, 0) is 18.9 Å². The smallest absolute Gasteiger partial charge is 0.187 e. The van der Waals surface area contributed by atoms with Crippen LogP contribution in [0.1, 0.15) is 114 Å². The number of aliphatic hydroxyl groups excluding tert-OH is 8. The van der Waals surface area contributed by atoms with Crippen molar-refractivity contribution in [3.05, 3.63) is 11.6 Å². The van der Waals surface area contributed by atoms with Crippen LogP contribution in [-0.4, -0.2) is 138 Å². The fourth-order valence-corrected chi connectivity index (χ4v) is 13.3. The molecule has 0 unspecified atom stereocenters. The van der Waals surface area contributed by atoms with E-state index in [-0.39, 0.29) is 23.7 Å². The van der Waals surface area contributed by atoms with Gasteiger partial charge in [-0.15, -0.1) is 0 Å². The van der Waals surface area contributed by atoms with Gasteiger partial charge in [0.1, 0.15) is 42.7 Å². The van der Waals surface area contributed by atoms with Crippen molar-refractivity contribution >= 4 is 0 Å². The summed E-state index contributed by atoms with van der Waals surface area (Å²) < 4.78 is 25.1. The molecule has 0 aromatic heterocycles. The summed E-state index contributed by atoms with van der Waals surface area (Å²) in [6.45, 7) is 17.8. The summed E-state index contributed by atoms with van der Waals surface area (Å²) in [4.78, 5) is 0. The van der Waals surface area contributed by atoms with Gasteiger partial charge in [0.25, 0.3) is 0 Å². The molecule has 4 aliphatic carbocycles. The maximum atomic E-state index is 12.3. The standard InChI is InChI=1S/C42H72O13/c1-20(2)11-10-14-42(9,51)22-12-16-40(7)28(22)23(44)17-26-39(6)15-13-27(45)38(4,5)35(39)24(18-41(26,40)8)53-37-34(32(49)30(47)25(19-43)54-37)55-36-33(50)31(48)29(46)21(3)52-36/h11,21-37,43-51H,10,12-19H2,1-9H3/t21-,22+,23+,24-,25+,26+,27-,28-,29-,30+,31+,32-,33+,34+,35-,36-,37+,39+,40+,41+,42-/m0/s1. The minimum Gasteiger partial charge on any atom is -0.394 e. The Bertz CT molecular complexity index is 1390. The second kappa shape index (κ2) is 15.4. The Labute approximate surface area is 327 Å². The Balaban J connectivity index is 1.38. The zero-order valence-corrected chi connectivity index (χ0v) is 34.4. The fraction of sp³-hybridized carbons (Fsp3) is 0.952. The monoisotopic (exact) mass is 784 g/mol. The van der Waals surface area contributed by atoms with Gasteiger partial charge in [0.15, 0.2) is 12.6 Å². The molecular formula is C42H72O13. The molecule has 9 N–H and O–H groups in total. The van der Waals surface area contributed by atoms with Gasteiger partial charge in [-0.1, -0.05) is 46.3 Å². The van der Waals surface area contributed by atoms with E-state index in [9.17, 15) is 46.0 Å². The number of fused-ring (bicyclic) bond motifs is 5. The van der Waals surface area contributed by atoms with Crippen LogP contribution in [0.2, 0.25) is 0 Å². The maximum Gasteiger partial charge on any atom is 0.187 e. The van der Waals surface area contributed by atoms with Crippen molar-refractivity contribution < 1.29 is 64.9 Å². The molecule has 6 rings (SSSR count). The highest BCUT2D eigenvalue weighted by Gasteiger charge is 2.73. The summed E-state index contributed by atoms with van der Waals surface area (Å²) >= 11 is 0. The lowest BCUT2D eigenvalue weighted by Crippen LogP contribution is -2.71. The molecule has 2 heterocycles. The van der Waals surface area contributed by atoms with Gasteiger partial charge >= 0.3 is 0 Å². The van der Waals surface area contributed by atoms with Crippen LogP contribution in [0.3, 0.4) is 0 Å². The molecule has 21 atom stereocenters. The predicted molar refractivity (Wildman–Crippen MR) is 201 cm³/mol. The van der Waals surface area contributed by atoms with Crippen molar-refractivity contribution in [2.75, 3.05) is 6.61 Å². The highest BCUT2D eigenvalue weighted by molar-refractivity contribution is 5.22. The molecule has 55 heavy (non-hydrogen) atoms. The molecule has 0 spiro atoms. The van der Waals surface area contributed by atoms with Gasteiger partial charge in [-0.2, -0.15) is 0 Å². The largest absolute Gasteiger partial charge is 0.394 e. The molecule has 2 aliphatic heterocycles. The Morgan fingerprint density at radius 2 is 1.49 bits per heavy atom. The van der Waals surface area contributed by atoms with E-state index in [2.05, 4.69) is 40.7 Å². The second-order valence-electron chi connectivity index (χ2n) is 20.3. The highest BCUT2D eigenvalue weighted by atomic mass is 16.8. The minimum atomic E-state index is -1.70. The van der Waals surface area contributed by atoms with Crippen LogP contribution in [0.25, 0.3) is 0 Å². The molecule has 4 saturated carbocycles. The topological polar surface area (TPSA) is 219 Å². The minimum absolute atomic E-state index is 0.0411. The van der Waals surface area contributed by atoms with E-state index in [0.29, 0.717) is 32.1 Å². The zero-order valence-electron chi connectivity index (χ0n) is 34.4. The first-order valence-electron chi connectivity index (χ1n) is 20.8. The fourth-order valence-electron chi connectivity index (χ4n) is 13.3. The quantitative estimate of drug-likeness (QED) is 0.121. The summed E-state index contributed by atoms with van der Waals surface area (Å²) in [5.74, 6) is -0.526. The van der Waals surface area contributed by atoms with Crippen molar-refractivity contribution in [1.82, 2.24) is 0 Å². The summed E-state index contributed by atoms with van der Waals surface area (Å²) in [6, 6.07) is 0. The lowest BCUT2D eigenvalue weighted by atomic mass is 9.34. The average Bonchev–Trinajstić information content (AvgIpc) is 3.49. The van der Waals surface area contributed by atoms with Crippen molar-refractivity contribution in [3.8, 4) is 0 Å². The summed E-state index contributed by atoms with van der Waals surface area (Å²) in [6.07, 6.45) is -8.99. The molecule has 318 valence electrons. The Morgan fingerprint density at radius 3 is 2.13 bits per heavy atom. The van der Waals surface area contributed by atoms with Crippen molar-refractivity contribution in [3.63, 3.8) is 0 Å². The third kappa shape index (κ3) is 7.10. The Morgan fingerprint density at radius 1 is 0.818 bits per heavy atom. The second-order valence-corrected chi connectivity index (χ2v) is 20.3. The molecule has 0 aromatic rings. The van der Waals surface area contributed by atoms with Gasteiger partial charge in [0.05, 0.1) is 36.6 Å². The number of allylic oxidation sites excluding steroid dienone is 2. The number of aliphatic hydroxyl groups is 9. The molecule has 2 saturated heterocycles. The predicted octanol–water partition coefficient (Wildman–Crippen LogP) is 2.15. The third-order valence-corrected chi connectivity index (χ3v) is 16.5. The maximum absolute atomic E-state index is 12.3. The summed E-state index contributed by atoms with van der Waals surface area (Å²) in [7, 11) is 0. The van der Waals surface area contributed by atoms with Crippen LogP contribution in [0.5, 0.6) is 0 Å². The van der Waals surface area contributed by atoms with Gasteiger partial charge in [-0.25, -0.2) is 0 Å². The van der Waals surface area contributed by atoms with Crippen molar-refractivity contribution in [2.45, 2.75) is 199 Å². The Hall–Kier alpha value is -0.780. The SMILES string of the molecule is CC(C)=CCC[C@](C)(O)[C@@H]1CC[C@]2(C)[C@@H]1[C@H](O)C[C@@H]1[C@@]3(C)CC[C@H](O)C(C)(C)[C@@H]3[C@@H](O[C@@H]3O[C@H](CO)[C@@H](O)[C@H](O)[C@H]3O[C@@H]3O[C@@H](C)[C@H](O)[C@@H](O)[C@H]3O)C[C@]12C. The van der Waals surface area contributed by atoms with Gasteiger partial charge in [0.2, 0.25) is 0 Å². The normalized spacial score (nSPS) is 53.4. The first kappa shape index (κ1) is 43.8. The third-order valence-electron chi connectivity index (χ3n) is 16.5. The molecule has 6 fully saturated rings. The van der Waals surface area contributed by atoms with E-state index >= 15 is 0 Å². The van der Waals surface area contributed by atoms with Crippen LogP contribution in [0.4, 0.5) is 0 Å². The number of rotatable bonds is 9. The van der Waals surface area contributed by atoms with E-state index in [1.54, 1.807) is 0 Å². The van der Waals surface area contributed by atoms with E-state index in [0.717, 1.165) is 19.3 Å². The molecule has 13 nitrogen and oxygen atoms in total. The molecule has 6 aliphatic rings. The van der Waals surface area contributed by atoms with Gasteiger partial charge in [0, 0.05) is 0 Å². The molecular weight excluding hydrogens is 712 g/mol. The van der Waals surface area contributed by atoms with Gasteiger partial charge in [-0.3, -0.25) is 0 Å². The molecule has 0 bridgehead atoms. The first-order chi connectivity index (χ1) is 25.5. The number of hydrogen-bond donors (Lipinski definition) is 9. The van der Waals surface area contributed by atoms with Crippen LogP contribution >= 0.6 is 0 Å². The van der Waals surface area contributed by atoms with Crippen LogP contribution in [0.15, 0.2) is 11.6 Å². The van der Waals surface area contributed by atoms with Crippen molar-refractivity contribution in [2.24, 2.45) is 45.3 Å². The summed E-state index contributed by atoms with van der Waals surface area (Å²) in [5.41, 5.74) is -1.71. The van der Waals surface area contributed by atoms with E-state index < -0.39 is 114 Å². The van der Waals surface area contributed by atoms with Crippen molar-refractivity contribution in [1.29, 1.82) is 0 Å². The molecule has 0 radical (unpaired) electrons. The van der Waals surface area contributed by atoms with E-state index in [1.807, 2.05) is 20.8 Å². The first-order valence-corrected chi connectivity index (χ1v) is 20.8. The van der Waals surface area contributed by atoms with Gasteiger partial charge < -0.3 is 64.9 Å². The highest BCUT2D eigenvalue weighted by Crippen LogP contribution is 2.76. The average molecular weight is 785 g/mol. The Kier molecular flexibility index (Phi) is 12.2. The number of hydrogen-bond acceptors (Lipinski definition) is 13. The number of ether oxygens (including phenoxy) is 4. The van der Waals surface area contributed by atoms with E-state index in [1.165, 1.54) is 12.5 Å². The molecule has 0 amide bonds. The summed E-state index contributed by atoms with van der Waals surface area (Å²) in [5, 5.41) is 100. The zero-order chi connectivity index (χ0) is 40.8. The van der Waals surface area contributed by atoms with Crippen LogP contribution in [0, 0.1) is 45.3 Å².